The summed E-state index contributed by atoms with van der Waals surface area (Å²) in [5.74, 6) is -0.398. The van der Waals surface area contributed by atoms with Crippen LogP contribution in [0, 0.1) is 5.82 Å². The van der Waals surface area contributed by atoms with E-state index in [1.54, 1.807) is 12.1 Å². The molecule has 1 aromatic carbocycles. The van der Waals surface area contributed by atoms with Crippen LogP contribution in [0.15, 0.2) is 18.2 Å². The van der Waals surface area contributed by atoms with Crippen molar-refractivity contribution in [2.75, 3.05) is 26.3 Å². The number of hydrogen-bond donors (Lipinski definition) is 1. The van der Waals surface area contributed by atoms with E-state index in [0.717, 1.165) is 12.1 Å². The van der Waals surface area contributed by atoms with E-state index in [1.165, 1.54) is 6.07 Å². The fourth-order valence-electron chi connectivity index (χ4n) is 1.93. The van der Waals surface area contributed by atoms with Crippen molar-refractivity contribution in [2.24, 2.45) is 0 Å². The molecule has 1 atom stereocenters. The molecule has 5 heteroatoms. The Morgan fingerprint density at radius 1 is 1.53 bits per heavy atom. The van der Waals surface area contributed by atoms with Gasteiger partial charge in [-0.1, -0.05) is 17.7 Å². The Morgan fingerprint density at radius 3 is 3.06 bits per heavy atom. The number of rotatable bonds is 3. The second kappa shape index (κ2) is 5.78. The summed E-state index contributed by atoms with van der Waals surface area (Å²) in [6, 6.07) is 4.74. The van der Waals surface area contributed by atoms with Crippen molar-refractivity contribution >= 4 is 11.6 Å². The third-order valence-electron chi connectivity index (χ3n) is 2.82. The lowest BCUT2D eigenvalue weighted by atomic mass is 10.2. The molecule has 0 aliphatic carbocycles. The van der Waals surface area contributed by atoms with Gasteiger partial charge < -0.3 is 9.84 Å². The normalized spacial score (nSPS) is 21.7. The van der Waals surface area contributed by atoms with Crippen molar-refractivity contribution in [1.82, 2.24) is 4.90 Å². The Hall–Kier alpha value is -0.680. The van der Waals surface area contributed by atoms with Crippen LogP contribution in [0.2, 0.25) is 5.02 Å². The van der Waals surface area contributed by atoms with E-state index in [9.17, 15) is 4.39 Å². The third kappa shape index (κ3) is 3.39. The Kier molecular flexibility index (Phi) is 4.34. The molecule has 1 saturated heterocycles. The van der Waals surface area contributed by atoms with E-state index in [4.69, 9.17) is 21.4 Å². The van der Waals surface area contributed by atoms with Gasteiger partial charge in [0.1, 0.15) is 5.82 Å². The second-order valence-electron chi connectivity index (χ2n) is 4.16. The molecule has 1 aromatic rings. The van der Waals surface area contributed by atoms with E-state index in [0.29, 0.717) is 19.7 Å². The lowest BCUT2D eigenvalue weighted by molar-refractivity contribution is -0.0551. The van der Waals surface area contributed by atoms with Crippen molar-refractivity contribution < 1.29 is 14.2 Å². The fraction of sp³-hybridized carbons (Fsp3) is 0.500. The van der Waals surface area contributed by atoms with Crippen LogP contribution in [0.25, 0.3) is 0 Å². The minimum atomic E-state index is -0.398. The summed E-state index contributed by atoms with van der Waals surface area (Å²) in [6.45, 7) is 2.83. The van der Waals surface area contributed by atoms with Crippen molar-refractivity contribution in [3.8, 4) is 0 Å². The van der Waals surface area contributed by atoms with Gasteiger partial charge in [0.25, 0.3) is 0 Å². The van der Waals surface area contributed by atoms with Gasteiger partial charge in [0, 0.05) is 19.6 Å². The standard InChI is InChI=1S/C12H15ClFNO2/c13-11-5-9(1-2-12(11)14)6-15-3-4-17-10(7-15)8-16/h1-2,5,10,16H,3-4,6-8H2. The maximum Gasteiger partial charge on any atom is 0.141 e. The molecule has 0 aromatic heterocycles. The topological polar surface area (TPSA) is 32.7 Å². The van der Waals surface area contributed by atoms with Crippen molar-refractivity contribution in [3.63, 3.8) is 0 Å². The number of ether oxygens (including phenoxy) is 1. The van der Waals surface area contributed by atoms with Crippen molar-refractivity contribution in [3.05, 3.63) is 34.6 Å². The monoisotopic (exact) mass is 259 g/mol. The van der Waals surface area contributed by atoms with Crippen LogP contribution in [0.1, 0.15) is 5.56 Å². The molecule has 1 unspecified atom stereocenters. The van der Waals surface area contributed by atoms with Crippen molar-refractivity contribution in [1.29, 1.82) is 0 Å². The van der Waals surface area contributed by atoms with Crippen LogP contribution in [0.3, 0.4) is 0 Å². The second-order valence-corrected chi connectivity index (χ2v) is 4.57. The lowest BCUT2D eigenvalue weighted by Gasteiger charge is -2.32. The van der Waals surface area contributed by atoms with Crippen LogP contribution in [-0.2, 0) is 11.3 Å². The third-order valence-corrected chi connectivity index (χ3v) is 3.11. The Morgan fingerprint density at radius 2 is 2.35 bits per heavy atom. The highest BCUT2D eigenvalue weighted by molar-refractivity contribution is 6.30. The van der Waals surface area contributed by atoms with Crippen LogP contribution < -0.4 is 0 Å². The quantitative estimate of drug-likeness (QED) is 0.896. The minimum Gasteiger partial charge on any atom is -0.394 e. The van der Waals surface area contributed by atoms with Crippen LogP contribution >= 0.6 is 11.6 Å². The minimum absolute atomic E-state index is 0.0284. The van der Waals surface area contributed by atoms with Gasteiger partial charge in [-0.25, -0.2) is 4.39 Å². The smallest absolute Gasteiger partial charge is 0.141 e. The number of hydrogen-bond acceptors (Lipinski definition) is 3. The summed E-state index contributed by atoms with van der Waals surface area (Å²) in [4.78, 5) is 2.16. The Balaban J connectivity index is 1.97. The molecular weight excluding hydrogens is 245 g/mol. The average molecular weight is 260 g/mol. The van der Waals surface area contributed by atoms with Crippen molar-refractivity contribution in [2.45, 2.75) is 12.6 Å². The maximum atomic E-state index is 13.0. The first-order valence-corrected chi connectivity index (χ1v) is 5.95. The van der Waals surface area contributed by atoms with Gasteiger partial charge in [0.15, 0.2) is 0 Å². The van der Waals surface area contributed by atoms with Crippen LogP contribution in [0.5, 0.6) is 0 Å². The van der Waals surface area contributed by atoms with Gasteiger partial charge in [-0.05, 0) is 17.7 Å². The maximum absolute atomic E-state index is 13.0. The summed E-state index contributed by atoms with van der Waals surface area (Å²) in [7, 11) is 0. The molecular formula is C12H15ClFNO2. The molecule has 1 N–H and O–H groups in total. The van der Waals surface area contributed by atoms with Gasteiger partial charge >= 0.3 is 0 Å². The van der Waals surface area contributed by atoms with E-state index in [-0.39, 0.29) is 17.7 Å². The van der Waals surface area contributed by atoms with E-state index in [2.05, 4.69) is 4.90 Å². The molecule has 1 aliphatic heterocycles. The molecule has 0 radical (unpaired) electrons. The highest BCUT2D eigenvalue weighted by atomic mass is 35.5. The van der Waals surface area contributed by atoms with Gasteiger partial charge in [-0.2, -0.15) is 0 Å². The molecule has 94 valence electrons. The van der Waals surface area contributed by atoms with Gasteiger partial charge in [-0.3, -0.25) is 4.90 Å². The molecule has 0 spiro atoms. The molecule has 2 rings (SSSR count). The SMILES string of the molecule is OCC1CN(Cc2ccc(F)c(Cl)c2)CCO1. The number of aliphatic hydroxyl groups excluding tert-OH is 1. The first-order chi connectivity index (χ1) is 8.19. The Labute approximate surface area is 105 Å². The number of halogens is 2. The molecule has 3 nitrogen and oxygen atoms in total. The predicted molar refractivity (Wildman–Crippen MR) is 63.5 cm³/mol. The molecule has 0 amide bonds. The van der Waals surface area contributed by atoms with Gasteiger partial charge in [0.05, 0.1) is 24.3 Å². The van der Waals surface area contributed by atoms with E-state index < -0.39 is 5.82 Å². The Bertz CT molecular complexity index is 389. The highest BCUT2D eigenvalue weighted by Crippen LogP contribution is 2.18. The summed E-state index contributed by atoms with van der Waals surface area (Å²) in [5, 5.41) is 9.18. The van der Waals surface area contributed by atoms with E-state index >= 15 is 0 Å². The molecule has 0 bridgehead atoms. The average Bonchev–Trinajstić information content (AvgIpc) is 2.34. The molecule has 1 aliphatic rings. The number of aliphatic hydroxyl groups is 1. The molecule has 1 fully saturated rings. The number of morpholine rings is 1. The summed E-state index contributed by atoms with van der Waals surface area (Å²) in [5.41, 5.74) is 0.968. The zero-order chi connectivity index (χ0) is 12.3. The zero-order valence-electron chi connectivity index (χ0n) is 9.40. The first kappa shape index (κ1) is 12.8. The van der Waals surface area contributed by atoms with Gasteiger partial charge in [-0.15, -0.1) is 0 Å². The number of benzene rings is 1. The summed E-state index contributed by atoms with van der Waals surface area (Å²) in [6.07, 6.45) is -0.125. The van der Waals surface area contributed by atoms with Gasteiger partial charge in [0.2, 0.25) is 0 Å². The molecule has 1 heterocycles. The van der Waals surface area contributed by atoms with Crippen LogP contribution in [0.4, 0.5) is 4.39 Å². The summed E-state index contributed by atoms with van der Waals surface area (Å²) < 4.78 is 18.4. The van der Waals surface area contributed by atoms with Crippen LogP contribution in [-0.4, -0.2) is 42.4 Å². The highest BCUT2D eigenvalue weighted by Gasteiger charge is 2.19. The predicted octanol–water partition coefficient (Wildman–Crippen LogP) is 1.67. The largest absolute Gasteiger partial charge is 0.394 e. The first-order valence-electron chi connectivity index (χ1n) is 5.58. The molecule has 17 heavy (non-hydrogen) atoms. The zero-order valence-corrected chi connectivity index (χ0v) is 10.2. The lowest BCUT2D eigenvalue weighted by Crippen LogP contribution is -2.43. The molecule has 0 saturated carbocycles. The van der Waals surface area contributed by atoms with E-state index in [1.807, 2.05) is 0 Å². The number of nitrogens with zero attached hydrogens (tertiary/aromatic N) is 1. The fourth-order valence-corrected chi connectivity index (χ4v) is 2.13. The summed E-state index contributed by atoms with van der Waals surface area (Å²) >= 11 is 5.73.